The molecule has 1 aliphatic heterocycles. The van der Waals surface area contributed by atoms with Crippen LogP contribution in [-0.2, 0) is 23.4 Å². The first-order chi connectivity index (χ1) is 6.04. The quantitative estimate of drug-likeness (QED) is 0.687. The third kappa shape index (κ3) is 3.44. The Kier molecular flexibility index (Phi) is 5.41. The first kappa shape index (κ1) is 13.7. The van der Waals surface area contributed by atoms with E-state index in [1.165, 1.54) is 5.84 Å². The van der Waals surface area contributed by atoms with Gasteiger partial charge in [-0.25, -0.2) is 4.99 Å². The van der Waals surface area contributed by atoms with Crippen LogP contribution in [0.15, 0.2) is 4.99 Å². The molecule has 0 fully saturated rings. The third-order valence-electron chi connectivity index (χ3n) is 2.69. The van der Waals surface area contributed by atoms with Crippen LogP contribution in [0.5, 0.6) is 0 Å². The van der Waals surface area contributed by atoms with E-state index in [-0.39, 0.29) is 24.5 Å². The maximum atomic E-state index is 10.7. The molecule has 0 aromatic rings. The molecule has 1 aliphatic rings. The summed E-state index contributed by atoms with van der Waals surface area (Å²) >= 11 is 0. The molecular weight excluding hydrogens is 217 g/mol. The summed E-state index contributed by atoms with van der Waals surface area (Å²) in [6.45, 7) is 7.26. The number of carbonyl (C=O) groups excluding carboxylic acids is 1. The molecule has 1 N–H and O–H groups in total. The second-order valence-electron chi connectivity index (χ2n) is 3.76. The van der Waals surface area contributed by atoms with Crippen LogP contribution < -0.4 is 5.32 Å². The summed E-state index contributed by atoms with van der Waals surface area (Å²) in [4.78, 5) is 15.0. The molecule has 1 radical (unpaired) electrons. The van der Waals surface area contributed by atoms with Crippen LogP contribution in [0.25, 0.3) is 0 Å². The molecule has 0 aromatic heterocycles. The second-order valence-corrected chi connectivity index (χ2v) is 3.76. The number of amidine groups is 1. The first-order valence-corrected chi connectivity index (χ1v) is 4.65. The topological polar surface area (TPSA) is 41.5 Å². The Morgan fingerprint density at radius 3 is 2.71 bits per heavy atom. The molecule has 79 valence electrons. The number of quaternary nitrogens is 1. The van der Waals surface area contributed by atoms with Gasteiger partial charge in [0.1, 0.15) is 13.1 Å². The average molecular weight is 235 g/mol. The summed E-state index contributed by atoms with van der Waals surface area (Å²) in [6, 6.07) is 0. The van der Waals surface area contributed by atoms with Gasteiger partial charge in [0.05, 0.1) is 20.1 Å². The van der Waals surface area contributed by atoms with Crippen LogP contribution >= 0.6 is 0 Å². The van der Waals surface area contributed by atoms with Gasteiger partial charge in [-0.2, -0.15) is 0 Å². The van der Waals surface area contributed by atoms with Crippen LogP contribution in [0, 0.1) is 0 Å². The number of amides is 1. The SMILES string of the molecule is CC(=O)NCC[N+]1(C)CCN=C1C.[V]. The molecule has 1 unspecified atom stereocenters. The van der Waals surface area contributed by atoms with Crippen molar-refractivity contribution in [3.05, 3.63) is 0 Å². The van der Waals surface area contributed by atoms with Crippen molar-refractivity contribution in [3.8, 4) is 0 Å². The maximum absolute atomic E-state index is 10.7. The van der Waals surface area contributed by atoms with Gasteiger partial charge in [0, 0.05) is 32.4 Å². The van der Waals surface area contributed by atoms with E-state index in [2.05, 4.69) is 24.3 Å². The van der Waals surface area contributed by atoms with E-state index < -0.39 is 0 Å². The van der Waals surface area contributed by atoms with Crippen LogP contribution in [0.4, 0.5) is 0 Å². The summed E-state index contributed by atoms with van der Waals surface area (Å²) < 4.78 is 0.875. The van der Waals surface area contributed by atoms with Crippen molar-refractivity contribution in [3.63, 3.8) is 0 Å². The van der Waals surface area contributed by atoms with Gasteiger partial charge >= 0.3 is 0 Å². The number of nitrogens with one attached hydrogen (secondary N) is 1. The van der Waals surface area contributed by atoms with Gasteiger partial charge in [-0.3, -0.25) is 9.28 Å². The molecule has 4 nitrogen and oxygen atoms in total. The van der Waals surface area contributed by atoms with Gasteiger partial charge < -0.3 is 5.32 Å². The molecule has 0 bridgehead atoms. The Morgan fingerprint density at radius 1 is 1.64 bits per heavy atom. The van der Waals surface area contributed by atoms with E-state index in [0.717, 1.165) is 30.7 Å². The van der Waals surface area contributed by atoms with Crippen LogP contribution in [0.2, 0.25) is 0 Å². The van der Waals surface area contributed by atoms with E-state index in [0.29, 0.717) is 0 Å². The largest absolute Gasteiger partial charge is 0.351 e. The minimum Gasteiger partial charge on any atom is -0.351 e. The fourth-order valence-electron chi connectivity index (χ4n) is 1.52. The smallest absolute Gasteiger partial charge is 0.217 e. The monoisotopic (exact) mass is 235 g/mol. The number of rotatable bonds is 3. The normalized spacial score (nSPS) is 25.2. The summed E-state index contributed by atoms with van der Waals surface area (Å²) in [6.07, 6.45) is 0. The van der Waals surface area contributed by atoms with Gasteiger partial charge in [-0.05, 0) is 0 Å². The van der Waals surface area contributed by atoms with Crippen molar-refractivity contribution in [2.24, 2.45) is 4.99 Å². The summed E-state index contributed by atoms with van der Waals surface area (Å²) in [5.74, 6) is 1.21. The maximum Gasteiger partial charge on any atom is 0.217 e. The zero-order chi connectivity index (χ0) is 9.90. The minimum absolute atomic E-state index is 0. The number of hydrogen-bond donors (Lipinski definition) is 1. The van der Waals surface area contributed by atoms with E-state index in [9.17, 15) is 4.79 Å². The number of aliphatic imine (C=N–C) groups is 1. The van der Waals surface area contributed by atoms with Crippen molar-refractivity contribution in [2.75, 3.05) is 33.2 Å². The molecule has 0 saturated heterocycles. The van der Waals surface area contributed by atoms with E-state index >= 15 is 0 Å². The molecule has 1 atom stereocenters. The standard InChI is InChI=1S/C9H17N3O.V/c1-8-10-4-6-12(8,3)7-5-11-9(2)13;/h4-7H2,1-3H3;/p+1. The van der Waals surface area contributed by atoms with Gasteiger partial charge in [0.2, 0.25) is 5.91 Å². The number of carbonyl (C=O) groups is 1. The van der Waals surface area contributed by atoms with Crippen molar-refractivity contribution >= 4 is 11.7 Å². The second kappa shape index (κ2) is 5.54. The van der Waals surface area contributed by atoms with Crippen molar-refractivity contribution < 1.29 is 27.8 Å². The number of nitrogens with zero attached hydrogens (tertiary/aromatic N) is 2. The molecule has 0 aliphatic carbocycles. The molecule has 1 heterocycles. The number of hydrogen-bond acceptors (Lipinski definition) is 2. The molecule has 0 spiro atoms. The average Bonchev–Trinajstić information content (AvgIpc) is 2.32. The zero-order valence-electron chi connectivity index (χ0n) is 9.08. The van der Waals surface area contributed by atoms with Crippen LogP contribution in [0.3, 0.4) is 0 Å². The van der Waals surface area contributed by atoms with E-state index in [1.54, 1.807) is 6.92 Å². The van der Waals surface area contributed by atoms with Gasteiger partial charge in [0.15, 0.2) is 5.84 Å². The Morgan fingerprint density at radius 2 is 2.29 bits per heavy atom. The predicted octanol–water partition coefficient (Wildman–Crippen LogP) is -0.00140. The summed E-state index contributed by atoms with van der Waals surface area (Å²) in [5, 5.41) is 2.81. The first-order valence-electron chi connectivity index (χ1n) is 4.65. The predicted molar refractivity (Wildman–Crippen MR) is 52.6 cm³/mol. The fourth-order valence-corrected chi connectivity index (χ4v) is 1.52. The Balaban J connectivity index is 0.00000169. The van der Waals surface area contributed by atoms with Crippen molar-refractivity contribution in [1.82, 2.24) is 5.32 Å². The van der Waals surface area contributed by atoms with Crippen LogP contribution in [-0.4, -0.2) is 49.5 Å². The molecule has 1 rings (SSSR count). The summed E-state index contributed by atoms with van der Waals surface area (Å²) in [7, 11) is 2.16. The van der Waals surface area contributed by atoms with Gasteiger partial charge in [-0.1, -0.05) is 0 Å². The van der Waals surface area contributed by atoms with E-state index in [1.807, 2.05) is 0 Å². The van der Waals surface area contributed by atoms with Crippen LogP contribution in [0.1, 0.15) is 13.8 Å². The molecule has 0 aromatic carbocycles. The number of likely N-dealkylation sites (N-methyl/N-ethyl adjacent to an activating group) is 1. The molecule has 5 heteroatoms. The van der Waals surface area contributed by atoms with Gasteiger partial charge in [0.25, 0.3) is 0 Å². The third-order valence-corrected chi connectivity index (χ3v) is 2.69. The van der Waals surface area contributed by atoms with Crippen molar-refractivity contribution in [2.45, 2.75) is 13.8 Å². The fraction of sp³-hybridized carbons (Fsp3) is 0.778. The molecular formula is C9H18N3OV+. The Hall–Kier alpha value is -0.316. The Bertz CT molecular complexity index is 242. The van der Waals surface area contributed by atoms with Crippen molar-refractivity contribution in [1.29, 1.82) is 0 Å². The molecule has 0 saturated carbocycles. The summed E-state index contributed by atoms with van der Waals surface area (Å²) in [5.41, 5.74) is 0. The zero-order valence-corrected chi connectivity index (χ0v) is 10.5. The minimum atomic E-state index is 0. The van der Waals surface area contributed by atoms with Gasteiger partial charge in [-0.15, -0.1) is 0 Å². The van der Waals surface area contributed by atoms with E-state index in [4.69, 9.17) is 0 Å². The molecule has 1 amide bonds. The Labute approximate surface area is 97.2 Å². The molecule has 14 heavy (non-hydrogen) atoms.